The fourth-order valence-corrected chi connectivity index (χ4v) is 2.02. The van der Waals surface area contributed by atoms with E-state index >= 15 is 0 Å². The van der Waals surface area contributed by atoms with Crippen LogP contribution < -0.4 is 15.8 Å². The number of amides is 1. The van der Waals surface area contributed by atoms with Gasteiger partial charge in [0, 0.05) is 13.0 Å². The fourth-order valence-electron chi connectivity index (χ4n) is 2.02. The zero-order valence-corrected chi connectivity index (χ0v) is 14.5. The third-order valence-corrected chi connectivity index (χ3v) is 3.35. The zero-order chi connectivity index (χ0) is 15.5. The van der Waals surface area contributed by atoms with Gasteiger partial charge in [-0.05, 0) is 63.3 Å². The van der Waals surface area contributed by atoms with Gasteiger partial charge in [0.2, 0.25) is 5.91 Å². The molecule has 4 nitrogen and oxygen atoms in total. The Bertz CT molecular complexity index is 439. The molecule has 22 heavy (non-hydrogen) atoms. The number of benzene rings is 1. The van der Waals surface area contributed by atoms with Crippen LogP contribution in [-0.2, 0) is 4.79 Å². The van der Waals surface area contributed by atoms with Crippen molar-refractivity contribution in [2.75, 3.05) is 19.7 Å². The van der Waals surface area contributed by atoms with Crippen LogP contribution in [-0.4, -0.2) is 25.6 Å². The summed E-state index contributed by atoms with van der Waals surface area (Å²) in [4.78, 5) is 11.6. The fraction of sp³-hybridized carbons (Fsp3) is 0.588. The van der Waals surface area contributed by atoms with Crippen molar-refractivity contribution in [3.8, 4) is 5.75 Å². The van der Waals surface area contributed by atoms with E-state index in [0.29, 0.717) is 19.6 Å². The molecular formula is C17H29ClN2O2. The summed E-state index contributed by atoms with van der Waals surface area (Å²) in [5.41, 5.74) is 7.75. The van der Waals surface area contributed by atoms with Crippen molar-refractivity contribution in [3.63, 3.8) is 0 Å². The predicted octanol–water partition coefficient (Wildman–Crippen LogP) is 3.13. The Hall–Kier alpha value is -1.26. The van der Waals surface area contributed by atoms with E-state index in [2.05, 4.69) is 30.4 Å². The third kappa shape index (κ3) is 8.90. The molecule has 0 aliphatic heterocycles. The summed E-state index contributed by atoms with van der Waals surface area (Å²) >= 11 is 0. The van der Waals surface area contributed by atoms with Gasteiger partial charge in [0.05, 0.1) is 6.61 Å². The number of nitrogens with one attached hydrogen (secondary N) is 1. The Morgan fingerprint density at radius 1 is 1.18 bits per heavy atom. The summed E-state index contributed by atoms with van der Waals surface area (Å²) in [6.07, 6.45) is 4.23. The Morgan fingerprint density at radius 2 is 1.95 bits per heavy atom. The highest BCUT2D eigenvalue weighted by molar-refractivity contribution is 5.85. The number of carbonyl (C=O) groups is 1. The summed E-state index contributed by atoms with van der Waals surface area (Å²) in [5, 5.41) is 2.91. The summed E-state index contributed by atoms with van der Waals surface area (Å²) in [6.45, 7) is 6.18. The predicted molar refractivity (Wildman–Crippen MR) is 93.8 cm³/mol. The van der Waals surface area contributed by atoms with E-state index in [4.69, 9.17) is 10.5 Å². The number of nitrogens with two attached hydrogens (primary N) is 1. The third-order valence-electron chi connectivity index (χ3n) is 3.35. The van der Waals surface area contributed by atoms with Crippen molar-refractivity contribution in [1.29, 1.82) is 0 Å². The first kappa shape index (κ1) is 20.7. The molecule has 0 saturated heterocycles. The minimum Gasteiger partial charge on any atom is -0.493 e. The Kier molecular flexibility index (Phi) is 11.6. The molecule has 3 N–H and O–H groups in total. The van der Waals surface area contributed by atoms with E-state index in [0.717, 1.165) is 43.5 Å². The summed E-state index contributed by atoms with van der Waals surface area (Å²) in [7, 11) is 0. The van der Waals surface area contributed by atoms with Crippen LogP contribution in [0.5, 0.6) is 5.75 Å². The Balaban J connectivity index is 0.00000441. The second-order valence-electron chi connectivity index (χ2n) is 5.42. The lowest BCUT2D eigenvalue weighted by Crippen LogP contribution is -2.24. The number of carbonyl (C=O) groups excluding carboxylic acids is 1. The van der Waals surface area contributed by atoms with Gasteiger partial charge in [-0.3, -0.25) is 4.79 Å². The van der Waals surface area contributed by atoms with Crippen LogP contribution in [0.4, 0.5) is 0 Å². The molecule has 0 radical (unpaired) electrons. The molecule has 0 unspecified atom stereocenters. The van der Waals surface area contributed by atoms with E-state index < -0.39 is 0 Å². The topological polar surface area (TPSA) is 64.3 Å². The first-order valence-corrected chi connectivity index (χ1v) is 7.80. The van der Waals surface area contributed by atoms with Crippen molar-refractivity contribution in [1.82, 2.24) is 5.32 Å². The molecule has 0 aliphatic rings. The number of aryl methyl sites for hydroxylation is 2. The first-order valence-electron chi connectivity index (χ1n) is 7.80. The lowest BCUT2D eigenvalue weighted by Gasteiger charge is -2.10. The number of rotatable bonds is 10. The Morgan fingerprint density at radius 3 is 2.68 bits per heavy atom. The molecular weight excluding hydrogens is 300 g/mol. The molecule has 1 rings (SSSR count). The largest absolute Gasteiger partial charge is 0.493 e. The average molecular weight is 329 g/mol. The minimum absolute atomic E-state index is 0. The lowest BCUT2D eigenvalue weighted by atomic mass is 10.1. The van der Waals surface area contributed by atoms with E-state index in [1.165, 1.54) is 5.56 Å². The van der Waals surface area contributed by atoms with E-state index in [1.807, 2.05) is 6.92 Å². The minimum atomic E-state index is 0. The van der Waals surface area contributed by atoms with Crippen LogP contribution >= 0.6 is 12.4 Å². The van der Waals surface area contributed by atoms with Gasteiger partial charge < -0.3 is 15.8 Å². The molecule has 0 bridgehead atoms. The SMILES string of the molecule is Cc1ccc(C)c(OCCCCC(=O)NCCCCN)c1.Cl. The highest BCUT2D eigenvalue weighted by Gasteiger charge is 2.02. The first-order chi connectivity index (χ1) is 10.1. The quantitative estimate of drug-likeness (QED) is 0.648. The van der Waals surface area contributed by atoms with Crippen molar-refractivity contribution in [2.24, 2.45) is 5.73 Å². The summed E-state index contributed by atoms with van der Waals surface area (Å²) in [6, 6.07) is 6.20. The average Bonchev–Trinajstić information content (AvgIpc) is 2.47. The standard InChI is InChI=1S/C17H28N2O2.ClH/c1-14-8-9-15(2)16(13-14)21-12-6-3-7-17(20)19-11-5-4-10-18;/h8-9,13H,3-7,10-12,18H2,1-2H3,(H,19,20);1H. The normalized spacial score (nSPS) is 9.95. The molecule has 0 spiro atoms. The van der Waals surface area contributed by atoms with Gasteiger partial charge in [-0.25, -0.2) is 0 Å². The highest BCUT2D eigenvalue weighted by Crippen LogP contribution is 2.19. The molecule has 0 aromatic heterocycles. The monoisotopic (exact) mass is 328 g/mol. The van der Waals surface area contributed by atoms with E-state index in [1.54, 1.807) is 0 Å². The summed E-state index contributed by atoms with van der Waals surface area (Å²) < 4.78 is 5.77. The van der Waals surface area contributed by atoms with Crippen LogP contribution in [0.15, 0.2) is 18.2 Å². The van der Waals surface area contributed by atoms with Crippen molar-refractivity contribution >= 4 is 18.3 Å². The summed E-state index contributed by atoms with van der Waals surface area (Å²) in [5.74, 6) is 1.07. The van der Waals surface area contributed by atoms with Gasteiger partial charge in [0.1, 0.15) is 5.75 Å². The molecule has 0 aliphatic carbocycles. The maximum absolute atomic E-state index is 11.6. The van der Waals surface area contributed by atoms with Crippen molar-refractivity contribution < 1.29 is 9.53 Å². The molecule has 1 aromatic rings. The van der Waals surface area contributed by atoms with Gasteiger partial charge in [-0.1, -0.05) is 12.1 Å². The van der Waals surface area contributed by atoms with Gasteiger partial charge in [-0.15, -0.1) is 12.4 Å². The number of ether oxygens (including phenoxy) is 1. The number of halogens is 1. The van der Waals surface area contributed by atoms with Crippen molar-refractivity contribution in [2.45, 2.75) is 46.0 Å². The number of hydrogen-bond donors (Lipinski definition) is 2. The molecule has 0 saturated carbocycles. The molecule has 0 heterocycles. The maximum atomic E-state index is 11.6. The second kappa shape index (κ2) is 12.3. The van der Waals surface area contributed by atoms with Crippen LogP contribution in [0.2, 0.25) is 0 Å². The molecule has 126 valence electrons. The molecule has 1 aromatic carbocycles. The lowest BCUT2D eigenvalue weighted by molar-refractivity contribution is -0.121. The van der Waals surface area contributed by atoms with Crippen molar-refractivity contribution in [3.05, 3.63) is 29.3 Å². The molecule has 1 amide bonds. The molecule has 0 atom stereocenters. The van der Waals surface area contributed by atoms with E-state index in [9.17, 15) is 4.79 Å². The van der Waals surface area contributed by atoms with Gasteiger partial charge in [-0.2, -0.15) is 0 Å². The number of hydrogen-bond acceptors (Lipinski definition) is 3. The zero-order valence-electron chi connectivity index (χ0n) is 13.7. The highest BCUT2D eigenvalue weighted by atomic mass is 35.5. The van der Waals surface area contributed by atoms with Crippen LogP contribution in [0.25, 0.3) is 0 Å². The van der Waals surface area contributed by atoms with Gasteiger partial charge >= 0.3 is 0 Å². The second-order valence-corrected chi connectivity index (χ2v) is 5.42. The van der Waals surface area contributed by atoms with Gasteiger partial charge in [0.25, 0.3) is 0 Å². The smallest absolute Gasteiger partial charge is 0.219 e. The van der Waals surface area contributed by atoms with Gasteiger partial charge in [0.15, 0.2) is 0 Å². The Labute approximate surface area is 140 Å². The van der Waals surface area contributed by atoms with Crippen LogP contribution in [0.3, 0.4) is 0 Å². The van der Waals surface area contributed by atoms with Crippen LogP contribution in [0, 0.1) is 13.8 Å². The van der Waals surface area contributed by atoms with Crippen LogP contribution in [0.1, 0.15) is 43.2 Å². The molecule has 0 fully saturated rings. The maximum Gasteiger partial charge on any atom is 0.219 e. The molecule has 5 heteroatoms. The van der Waals surface area contributed by atoms with E-state index in [-0.39, 0.29) is 18.3 Å². The number of unbranched alkanes of at least 4 members (excludes halogenated alkanes) is 2.